The van der Waals surface area contributed by atoms with Gasteiger partial charge < -0.3 is 5.73 Å². The maximum atomic E-state index is 6.04. The highest BCUT2D eigenvalue weighted by molar-refractivity contribution is 5.46. The number of nitrogen functional groups attached to an aromatic ring is 1. The summed E-state index contributed by atoms with van der Waals surface area (Å²) in [6.07, 6.45) is 8.29. The number of anilines is 1. The smallest absolute Gasteiger partial charge is 0.0319 e. The minimum atomic E-state index is 0.192. The fraction of sp³-hybridized carbons (Fsp3) is 0.647. The minimum absolute atomic E-state index is 0.192. The molecule has 0 unspecified atom stereocenters. The molecule has 2 N–H and O–H groups in total. The highest BCUT2D eigenvalue weighted by Gasteiger charge is 2.17. The molecule has 0 bridgehead atoms. The molecule has 1 aromatic carbocycles. The van der Waals surface area contributed by atoms with Crippen molar-refractivity contribution in [1.82, 2.24) is 0 Å². The monoisotopic (exact) mass is 245 g/mol. The Bertz CT molecular complexity index is 395. The van der Waals surface area contributed by atoms with E-state index in [4.69, 9.17) is 5.73 Å². The van der Waals surface area contributed by atoms with Crippen LogP contribution < -0.4 is 5.73 Å². The molecular formula is C17H27N. The standard InChI is InChI=1S/C17H27N/c1-17(2,3)15-10-14(11-16(18)12-15)9-8-13-6-4-5-7-13/h10-13H,4-9,18H2,1-3H3. The molecule has 1 aliphatic carbocycles. The van der Waals surface area contributed by atoms with Crippen LogP contribution >= 0.6 is 0 Å². The molecular weight excluding hydrogens is 218 g/mol. The Morgan fingerprint density at radius 3 is 2.39 bits per heavy atom. The first-order valence-corrected chi connectivity index (χ1v) is 7.35. The van der Waals surface area contributed by atoms with Gasteiger partial charge in [-0.05, 0) is 47.4 Å². The second kappa shape index (κ2) is 5.34. The van der Waals surface area contributed by atoms with Gasteiger partial charge in [-0.3, -0.25) is 0 Å². The van der Waals surface area contributed by atoms with Gasteiger partial charge in [0.05, 0.1) is 0 Å². The molecule has 1 saturated carbocycles. The molecule has 0 aromatic heterocycles. The lowest BCUT2D eigenvalue weighted by Gasteiger charge is -2.21. The fourth-order valence-electron chi connectivity index (χ4n) is 2.97. The van der Waals surface area contributed by atoms with Crippen LogP contribution in [0.4, 0.5) is 5.69 Å². The first-order valence-electron chi connectivity index (χ1n) is 7.35. The third kappa shape index (κ3) is 3.51. The molecule has 18 heavy (non-hydrogen) atoms. The molecule has 0 amide bonds. The van der Waals surface area contributed by atoms with E-state index in [0.717, 1.165) is 11.6 Å². The average Bonchev–Trinajstić information content (AvgIpc) is 2.77. The molecule has 1 aromatic rings. The maximum Gasteiger partial charge on any atom is 0.0319 e. The summed E-state index contributed by atoms with van der Waals surface area (Å²) in [5, 5.41) is 0. The minimum Gasteiger partial charge on any atom is -0.399 e. The van der Waals surface area contributed by atoms with Crippen LogP contribution in [0.5, 0.6) is 0 Å². The zero-order chi connectivity index (χ0) is 13.2. The molecule has 0 aliphatic heterocycles. The van der Waals surface area contributed by atoms with Crippen molar-refractivity contribution in [2.24, 2.45) is 5.92 Å². The van der Waals surface area contributed by atoms with Gasteiger partial charge in [-0.15, -0.1) is 0 Å². The molecule has 0 heterocycles. The molecule has 1 fully saturated rings. The van der Waals surface area contributed by atoms with Crippen molar-refractivity contribution in [3.63, 3.8) is 0 Å². The molecule has 0 spiro atoms. The van der Waals surface area contributed by atoms with E-state index in [1.54, 1.807) is 0 Å². The van der Waals surface area contributed by atoms with Gasteiger partial charge in [0.1, 0.15) is 0 Å². The van der Waals surface area contributed by atoms with Gasteiger partial charge in [-0.2, -0.15) is 0 Å². The van der Waals surface area contributed by atoms with E-state index in [1.165, 1.54) is 49.7 Å². The van der Waals surface area contributed by atoms with Crippen molar-refractivity contribution >= 4 is 5.69 Å². The van der Waals surface area contributed by atoms with Gasteiger partial charge in [0, 0.05) is 5.69 Å². The van der Waals surface area contributed by atoms with Crippen molar-refractivity contribution in [3.05, 3.63) is 29.3 Å². The summed E-state index contributed by atoms with van der Waals surface area (Å²) in [7, 11) is 0. The summed E-state index contributed by atoms with van der Waals surface area (Å²) < 4.78 is 0. The normalized spacial score (nSPS) is 17.3. The topological polar surface area (TPSA) is 26.0 Å². The molecule has 0 saturated heterocycles. The summed E-state index contributed by atoms with van der Waals surface area (Å²) in [5.41, 5.74) is 9.94. The predicted molar refractivity (Wildman–Crippen MR) is 79.8 cm³/mol. The molecule has 1 aliphatic rings. The molecule has 100 valence electrons. The van der Waals surface area contributed by atoms with Gasteiger partial charge >= 0.3 is 0 Å². The Morgan fingerprint density at radius 1 is 1.11 bits per heavy atom. The largest absolute Gasteiger partial charge is 0.399 e. The van der Waals surface area contributed by atoms with E-state index in [1.807, 2.05) is 0 Å². The van der Waals surface area contributed by atoms with Crippen LogP contribution in [-0.4, -0.2) is 0 Å². The van der Waals surface area contributed by atoms with Gasteiger partial charge in [-0.25, -0.2) is 0 Å². The Hall–Kier alpha value is -0.980. The summed E-state index contributed by atoms with van der Waals surface area (Å²) in [4.78, 5) is 0. The van der Waals surface area contributed by atoms with Crippen LogP contribution in [0, 0.1) is 5.92 Å². The third-order valence-corrected chi connectivity index (χ3v) is 4.20. The van der Waals surface area contributed by atoms with E-state index in [2.05, 4.69) is 39.0 Å². The van der Waals surface area contributed by atoms with E-state index >= 15 is 0 Å². The Morgan fingerprint density at radius 2 is 1.78 bits per heavy atom. The first-order chi connectivity index (χ1) is 8.45. The van der Waals surface area contributed by atoms with Crippen molar-refractivity contribution in [2.45, 2.75) is 64.7 Å². The van der Waals surface area contributed by atoms with Gasteiger partial charge in [0.2, 0.25) is 0 Å². The molecule has 2 rings (SSSR count). The quantitative estimate of drug-likeness (QED) is 0.768. The van der Waals surface area contributed by atoms with Crippen LogP contribution in [0.2, 0.25) is 0 Å². The summed E-state index contributed by atoms with van der Waals surface area (Å²) in [5.74, 6) is 0.963. The van der Waals surface area contributed by atoms with Crippen molar-refractivity contribution in [3.8, 4) is 0 Å². The third-order valence-electron chi connectivity index (χ3n) is 4.20. The van der Waals surface area contributed by atoms with Crippen LogP contribution in [0.25, 0.3) is 0 Å². The first kappa shape index (κ1) is 13.5. The molecule has 0 radical (unpaired) electrons. The van der Waals surface area contributed by atoms with Gasteiger partial charge in [0.15, 0.2) is 0 Å². The highest BCUT2D eigenvalue weighted by Crippen LogP contribution is 2.30. The predicted octanol–water partition coefficient (Wildman–Crippen LogP) is 4.69. The van der Waals surface area contributed by atoms with E-state index in [0.29, 0.717) is 0 Å². The Labute approximate surface area is 112 Å². The van der Waals surface area contributed by atoms with Gasteiger partial charge in [-0.1, -0.05) is 52.5 Å². The van der Waals surface area contributed by atoms with Gasteiger partial charge in [0.25, 0.3) is 0 Å². The highest BCUT2D eigenvalue weighted by atomic mass is 14.5. The van der Waals surface area contributed by atoms with Crippen LogP contribution in [0.1, 0.15) is 64.0 Å². The average molecular weight is 245 g/mol. The van der Waals surface area contributed by atoms with E-state index < -0.39 is 0 Å². The Kier molecular flexibility index (Phi) is 3.99. The second-order valence-corrected chi connectivity index (χ2v) is 6.90. The zero-order valence-electron chi connectivity index (χ0n) is 12.1. The zero-order valence-corrected chi connectivity index (χ0v) is 12.1. The molecule has 0 atom stereocenters. The number of hydrogen-bond donors (Lipinski definition) is 1. The SMILES string of the molecule is CC(C)(C)c1cc(N)cc(CCC2CCCC2)c1. The maximum absolute atomic E-state index is 6.04. The number of rotatable bonds is 3. The summed E-state index contributed by atoms with van der Waals surface area (Å²) in [6.45, 7) is 6.76. The van der Waals surface area contributed by atoms with Crippen LogP contribution in [-0.2, 0) is 11.8 Å². The van der Waals surface area contributed by atoms with Crippen molar-refractivity contribution in [2.75, 3.05) is 5.73 Å². The van der Waals surface area contributed by atoms with Crippen molar-refractivity contribution < 1.29 is 0 Å². The summed E-state index contributed by atoms with van der Waals surface area (Å²) in [6, 6.07) is 6.63. The Balaban J connectivity index is 2.05. The van der Waals surface area contributed by atoms with Crippen LogP contribution in [0.3, 0.4) is 0 Å². The lowest BCUT2D eigenvalue weighted by Crippen LogP contribution is -2.12. The fourth-order valence-corrected chi connectivity index (χ4v) is 2.97. The number of aryl methyl sites for hydroxylation is 1. The summed E-state index contributed by atoms with van der Waals surface area (Å²) >= 11 is 0. The molecule has 1 nitrogen and oxygen atoms in total. The van der Waals surface area contributed by atoms with E-state index in [-0.39, 0.29) is 5.41 Å². The van der Waals surface area contributed by atoms with Crippen LogP contribution in [0.15, 0.2) is 18.2 Å². The van der Waals surface area contributed by atoms with Crippen molar-refractivity contribution in [1.29, 1.82) is 0 Å². The number of hydrogen-bond acceptors (Lipinski definition) is 1. The number of benzene rings is 1. The van der Waals surface area contributed by atoms with E-state index in [9.17, 15) is 0 Å². The number of nitrogens with two attached hydrogens (primary N) is 1. The molecule has 1 heteroatoms. The lowest BCUT2D eigenvalue weighted by atomic mass is 9.85. The second-order valence-electron chi connectivity index (χ2n) is 6.90. The lowest BCUT2D eigenvalue weighted by molar-refractivity contribution is 0.503.